The topological polar surface area (TPSA) is 72.2 Å². The van der Waals surface area contributed by atoms with Gasteiger partial charge in [-0.3, -0.25) is 9.00 Å². The molecule has 0 saturated heterocycles. The lowest BCUT2D eigenvalue weighted by Crippen LogP contribution is -2.20. The molecule has 20 heavy (non-hydrogen) atoms. The van der Waals surface area contributed by atoms with Crippen molar-refractivity contribution in [2.24, 2.45) is 0 Å². The van der Waals surface area contributed by atoms with Crippen LogP contribution in [-0.4, -0.2) is 15.9 Å². The molecule has 1 amide bonds. The van der Waals surface area contributed by atoms with Crippen LogP contribution in [0.1, 0.15) is 0 Å². The van der Waals surface area contributed by atoms with Crippen LogP contribution < -0.4 is 11.1 Å². The first-order chi connectivity index (χ1) is 9.56. The summed E-state index contributed by atoms with van der Waals surface area (Å²) in [5.74, 6) is -1.35. The summed E-state index contributed by atoms with van der Waals surface area (Å²) in [5.41, 5.74) is 5.84. The van der Waals surface area contributed by atoms with Gasteiger partial charge in [0, 0.05) is 10.6 Å². The van der Waals surface area contributed by atoms with E-state index in [1.165, 1.54) is 18.2 Å². The Labute approximate surface area is 118 Å². The molecule has 4 nitrogen and oxygen atoms in total. The lowest BCUT2D eigenvalue weighted by molar-refractivity contribution is -0.113. The Morgan fingerprint density at radius 3 is 2.60 bits per heavy atom. The van der Waals surface area contributed by atoms with Gasteiger partial charge in [0.1, 0.15) is 11.6 Å². The molecule has 2 aromatic carbocycles. The second kappa shape index (κ2) is 6.29. The van der Waals surface area contributed by atoms with Crippen molar-refractivity contribution in [2.75, 3.05) is 16.8 Å². The van der Waals surface area contributed by atoms with E-state index >= 15 is 0 Å². The van der Waals surface area contributed by atoms with Crippen LogP contribution in [0.2, 0.25) is 0 Å². The second-order valence-electron chi connectivity index (χ2n) is 4.09. The van der Waals surface area contributed by atoms with Crippen LogP contribution in [0.25, 0.3) is 0 Å². The van der Waals surface area contributed by atoms with Crippen molar-refractivity contribution in [3.8, 4) is 0 Å². The number of anilines is 2. The Kier molecular flexibility index (Phi) is 4.47. The standard InChI is InChI=1S/C14H13FN2O2S/c15-12-7-6-10(16)8-13(12)17-14(18)9-20(19)11-4-2-1-3-5-11/h1-8H,9,16H2,(H,17,18). The first-order valence-electron chi connectivity index (χ1n) is 5.84. The van der Waals surface area contributed by atoms with Crippen LogP contribution in [0.3, 0.4) is 0 Å². The predicted molar refractivity (Wildman–Crippen MR) is 77.2 cm³/mol. The number of carbonyl (C=O) groups excluding carboxylic acids is 1. The number of nitrogens with two attached hydrogens (primary N) is 1. The van der Waals surface area contributed by atoms with Gasteiger partial charge in [0.15, 0.2) is 0 Å². The van der Waals surface area contributed by atoms with Gasteiger partial charge in [-0.15, -0.1) is 0 Å². The van der Waals surface area contributed by atoms with Crippen LogP contribution in [0.5, 0.6) is 0 Å². The predicted octanol–water partition coefficient (Wildman–Crippen LogP) is 2.15. The fraction of sp³-hybridized carbons (Fsp3) is 0.0714. The Balaban J connectivity index is 2.03. The summed E-state index contributed by atoms with van der Waals surface area (Å²) in [4.78, 5) is 12.3. The Morgan fingerprint density at radius 1 is 1.20 bits per heavy atom. The molecule has 104 valence electrons. The molecule has 2 rings (SSSR count). The lowest BCUT2D eigenvalue weighted by atomic mass is 10.2. The number of nitrogens with one attached hydrogen (secondary N) is 1. The minimum absolute atomic E-state index is 0.0138. The maximum Gasteiger partial charge on any atom is 0.237 e. The van der Waals surface area contributed by atoms with Gasteiger partial charge < -0.3 is 11.1 Å². The SMILES string of the molecule is Nc1ccc(F)c(NC(=O)CS(=O)c2ccccc2)c1. The van der Waals surface area contributed by atoms with Gasteiger partial charge in [0.25, 0.3) is 0 Å². The largest absolute Gasteiger partial charge is 0.399 e. The molecule has 0 aliphatic heterocycles. The molecule has 0 spiro atoms. The summed E-state index contributed by atoms with van der Waals surface area (Å²) in [6.07, 6.45) is 0. The molecule has 1 unspecified atom stereocenters. The number of amides is 1. The van der Waals surface area contributed by atoms with E-state index < -0.39 is 22.5 Å². The van der Waals surface area contributed by atoms with Crippen molar-refractivity contribution in [3.63, 3.8) is 0 Å². The number of hydrogen-bond acceptors (Lipinski definition) is 3. The molecule has 0 bridgehead atoms. The van der Waals surface area contributed by atoms with E-state index in [9.17, 15) is 13.4 Å². The lowest BCUT2D eigenvalue weighted by Gasteiger charge is -2.07. The highest BCUT2D eigenvalue weighted by molar-refractivity contribution is 7.85. The monoisotopic (exact) mass is 292 g/mol. The minimum atomic E-state index is -1.46. The third-order valence-electron chi connectivity index (χ3n) is 2.53. The second-order valence-corrected chi connectivity index (χ2v) is 5.54. The highest BCUT2D eigenvalue weighted by Gasteiger charge is 2.12. The van der Waals surface area contributed by atoms with Crippen molar-refractivity contribution in [2.45, 2.75) is 4.90 Å². The van der Waals surface area contributed by atoms with Crippen molar-refractivity contribution < 1.29 is 13.4 Å². The molecule has 1 atom stereocenters. The summed E-state index contributed by atoms with van der Waals surface area (Å²) >= 11 is 0. The van der Waals surface area contributed by atoms with Gasteiger partial charge in [-0.1, -0.05) is 18.2 Å². The average Bonchev–Trinajstić information content (AvgIpc) is 2.43. The maximum atomic E-state index is 13.4. The number of carbonyl (C=O) groups is 1. The van der Waals surface area contributed by atoms with E-state index in [0.717, 1.165) is 0 Å². The van der Waals surface area contributed by atoms with Crippen LogP contribution in [0, 0.1) is 5.82 Å². The van der Waals surface area contributed by atoms with E-state index in [0.29, 0.717) is 10.6 Å². The molecular formula is C14H13FN2O2S. The molecule has 0 aliphatic rings. The minimum Gasteiger partial charge on any atom is -0.399 e. The summed E-state index contributed by atoms with van der Waals surface area (Å²) in [6, 6.07) is 12.5. The van der Waals surface area contributed by atoms with Crippen LogP contribution in [0.4, 0.5) is 15.8 Å². The molecule has 2 aromatic rings. The molecular weight excluding hydrogens is 279 g/mol. The Morgan fingerprint density at radius 2 is 1.90 bits per heavy atom. The van der Waals surface area contributed by atoms with E-state index in [1.54, 1.807) is 30.3 Å². The molecule has 0 fully saturated rings. The smallest absolute Gasteiger partial charge is 0.237 e. The zero-order chi connectivity index (χ0) is 14.5. The third-order valence-corrected chi connectivity index (χ3v) is 3.86. The number of hydrogen-bond donors (Lipinski definition) is 2. The van der Waals surface area contributed by atoms with E-state index in [2.05, 4.69) is 5.32 Å². The van der Waals surface area contributed by atoms with E-state index in [1.807, 2.05) is 0 Å². The summed E-state index contributed by atoms with van der Waals surface area (Å²) in [5, 5.41) is 2.36. The number of rotatable bonds is 4. The molecule has 0 saturated carbocycles. The van der Waals surface area contributed by atoms with Crippen molar-refractivity contribution in [3.05, 3.63) is 54.3 Å². The molecule has 0 aliphatic carbocycles. The zero-order valence-electron chi connectivity index (χ0n) is 10.5. The van der Waals surface area contributed by atoms with Gasteiger partial charge in [0.2, 0.25) is 5.91 Å². The zero-order valence-corrected chi connectivity index (χ0v) is 11.3. The third kappa shape index (κ3) is 3.64. The summed E-state index contributed by atoms with van der Waals surface area (Å²) in [7, 11) is -1.46. The molecule has 3 N–H and O–H groups in total. The highest BCUT2D eigenvalue weighted by Crippen LogP contribution is 2.17. The highest BCUT2D eigenvalue weighted by atomic mass is 32.2. The normalized spacial score (nSPS) is 11.8. The Bertz CT molecular complexity index is 647. The first-order valence-corrected chi connectivity index (χ1v) is 7.16. The van der Waals surface area contributed by atoms with Crippen LogP contribution in [0.15, 0.2) is 53.4 Å². The van der Waals surface area contributed by atoms with Crippen molar-refractivity contribution in [1.82, 2.24) is 0 Å². The van der Waals surface area contributed by atoms with Crippen LogP contribution >= 0.6 is 0 Å². The van der Waals surface area contributed by atoms with Gasteiger partial charge in [-0.05, 0) is 30.3 Å². The number of halogens is 1. The van der Waals surface area contributed by atoms with Crippen molar-refractivity contribution in [1.29, 1.82) is 0 Å². The Hall–Kier alpha value is -2.21. The fourth-order valence-electron chi connectivity index (χ4n) is 1.60. The summed E-state index contributed by atoms with van der Waals surface area (Å²) in [6.45, 7) is 0. The van der Waals surface area contributed by atoms with Gasteiger partial charge >= 0.3 is 0 Å². The maximum absolute atomic E-state index is 13.4. The average molecular weight is 292 g/mol. The molecule has 6 heteroatoms. The number of nitrogen functional groups attached to an aromatic ring is 1. The molecule has 0 aromatic heterocycles. The fourth-order valence-corrected chi connectivity index (χ4v) is 2.54. The van der Waals surface area contributed by atoms with E-state index in [4.69, 9.17) is 5.73 Å². The van der Waals surface area contributed by atoms with Crippen molar-refractivity contribution >= 4 is 28.1 Å². The van der Waals surface area contributed by atoms with E-state index in [-0.39, 0.29) is 11.4 Å². The quantitative estimate of drug-likeness (QED) is 0.848. The molecule has 0 heterocycles. The van der Waals surface area contributed by atoms with Crippen LogP contribution in [-0.2, 0) is 15.6 Å². The number of benzene rings is 2. The first kappa shape index (κ1) is 14.2. The summed E-state index contributed by atoms with van der Waals surface area (Å²) < 4.78 is 25.4. The van der Waals surface area contributed by atoms with Gasteiger partial charge in [-0.2, -0.15) is 0 Å². The molecule has 0 radical (unpaired) electrons. The van der Waals surface area contributed by atoms with Gasteiger partial charge in [0.05, 0.1) is 16.5 Å². The van der Waals surface area contributed by atoms with Gasteiger partial charge in [-0.25, -0.2) is 4.39 Å².